The van der Waals surface area contributed by atoms with Crippen molar-refractivity contribution in [2.75, 3.05) is 6.61 Å². The summed E-state index contributed by atoms with van der Waals surface area (Å²) in [5, 5.41) is 14.1. The lowest BCUT2D eigenvalue weighted by atomic mass is 10.00. The average molecular weight is 396 g/mol. The van der Waals surface area contributed by atoms with Gasteiger partial charge < -0.3 is 20.5 Å². The van der Waals surface area contributed by atoms with Gasteiger partial charge in [-0.05, 0) is 25.0 Å². The Kier molecular flexibility index (Phi) is 9.07. The highest BCUT2D eigenvalue weighted by Gasteiger charge is 2.30. The normalized spacial score (nSPS) is 13.7. The lowest BCUT2D eigenvalue weighted by molar-refractivity contribution is -0.149. The number of halogens is 1. The Morgan fingerprint density at radius 3 is 2.32 bits per heavy atom. The Balaban J connectivity index is 2.90. The SMILES string of the molecule is CCOC(=O)[C@@H](C)C[C@@H](NC(=O)[C@H](Cc1ccccc1F)NC(C)=O)C(=O)O. The van der Waals surface area contributed by atoms with Gasteiger partial charge in [0, 0.05) is 13.3 Å². The van der Waals surface area contributed by atoms with Crippen LogP contribution in [0.15, 0.2) is 24.3 Å². The Morgan fingerprint density at radius 1 is 1.14 bits per heavy atom. The maximum Gasteiger partial charge on any atom is 0.326 e. The third kappa shape index (κ3) is 7.34. The summed E-state index contributed by atoms with van der Waals surface area (Å²) in [5.41, 5.74) is 0.197. The van der Waals surface area contributed by atoms with Gasteiger partial charge in [-0.15, -0.1) is 0 Å². The van der Waals surface area contributed by atoms with E-state index < -0.39 is 47.6 Å². The summed E-state index contributed by atoms with van der Waals surface area (Å²) in [6, 6.07) is 3.22. The van der Waals surface area contributed by atoms with Crippen LogP contribution in [0, 0.1) is 11.7 Å². The quantitative estimate of drug-likeness (QED) is 0.508. The van der Waals surface area contributed by atoms with Gasteiger partial charge in [0.25, 0.3) is 0 Å². The number of amides is 2. The van der Waals surface area contributed by atoms with E-state index in [-0.39, 0.29) is 25.0 Å². The topological polar surface area (TPSA) is 122 Å². The molecule has 2 amide bonds. The summed E-state index contributed by atoms with van der Waals surface area (Å²) in [5.74, 6) is -4.53. The number of esters is 1. The second-order valence-corrected chi connectivity index (χ2v) is 6.34. The molecule has 9 heteroatoms. The van der Waals surface area contributed by atoms with Crippen molar-refractivity contribution in [1.29, 1.82) is 0 Å². The zero-order valence-electron chi connectivity index (χ0n) is 16.0. The first-order valence-electron chi connectivity index (χ1n) is 8.86. The van der Waals surface area contributed by atoms with Crippen LogP contribution in [0.2, 0.25) is 0 Å². The van der Waals surface area contributed by atoms with Crippen LogP contribution in [0.3, 0.4) is 0 Å². The molecule has 0 saturated heterocycles. The molecule has 0 fully saturated rings. The van der Waals surface area contributed by atoms with E-state index in [2.05, 4.69) is 10.6 Å². The van der Waals surface area contributed by atoms with Crippen LogP contribution in [0.4, 0.5) is 4.39 Å². The van der Waals surface area contributed by atoms with E-state index in [9.17, 15) is 28.7 Å². The first-order chi connectivity index (χ1) is 13.1. The van der Waals surface area contributed by atoms with Gasteiger partial charge in [0.1, 0.15) is 17.9 Å². The van der Waals surface area contributed by atoms with Gasteiger partial charge in [-0.2, -0.15) is 0 Å². The van der Waals surface area contributed by atoms with Crippen molar-refractivity contribution < 1.29 is 33.4 Å². The van der Waals surface area contributed by atoms with E-state index in [4.69, 9.17) is 4.74 Å². The van der Waals surface area contributed by atoms with E-state index in [1.165, 1.54) is 32.0 Å². The molecular formula is C19H25FN2O6. The molecule has 0 aliphatic heterocycles. The molecule has 0 spiro atoms. The minimum atomic E-state index is -1.37. The van der Waals surface area contributed by atoms with Gasteiger partial charge in [-0.3, -0.25) is 14.4 Å². The molecule has 0 bridgehead atoms. The van der Waals surface area contributed by atoms with Crippen molar-refractivity contribution in [1.82, 2.24) is 10.6 Å². The largest absolute Gasteiger partial charge is 0.480 e. The minimum absolute atomic E-state index is 0.153. The number of carbonyl (C=O) groups excluding carboxylic acids is 3. The summed E-state index contributed by atoms with van der Waals surface area (Å²) in [6.45, 7) is 4.46. The van der Waals surface area contributed by atoms with E-state index in [0.29, 0.717) is 0 Å². The van der Waals surface area contributed by atoms with Crippen molar-refractivity contribution in [3.8, 4) is 0 Å². The number of benzene rings is 1. The Hall–Kier alpha value is -2.97. The summed E-state index contributed by atoms with van der Waals surface area (Å²) < 4.78 is 18.7. The fourth-order valence-corrected chi connectivity index (χ4v) is 2.57. The van der Waals surface area contributed by atoms with Crippen molar-refractivity contribution in [3.05, 3.63) is 35.6 Å². The summed E-state index contributed by atoms with van der Waals surface area (Å²) in [6.07, 6.45) is -0.343. The maximum absolute atomic E-state index is 13.9. The number of aliphatic carboxylic acids is 1. The molecule has 1 aromatic rings. The van der Waals surface area contributed by atoms with E-state index in [1.807, 2.05) is 0 Å². The van der Waals surface area contributed by atoms with Gasteiger partial charge in [0.05, 0.1) is 12.5 Å². The summed E-state index contributed by atoms with van der Waals surface area (Å²) >= 11 is 0. The monoisotopic (exact) mass is 396 g/mol. The van der Waals surface area contributed by atoms with E-state index in [1.54, 1.807) is 13.0 Å². The standard InChI is InChI=1S/C19H25FN2O6/c1-4-28-19(27)11(2)9-16(18(25)26)22-17(24)15(21-12(3)23)10-13-7-5-6-8-14(13)20/h5-8,11,15-16H,4,9-10H2,1-3H3,(H,21,23)(H,22,24)(H,25,26)/t11-,15-,16+/m0/s1. The lowest BCUT2D eigenvalue weighted by Crippen LogP contribution is -2.52. The maximum atomic E-state index is 13.9. The van der Waals surface area contributed by atoms with Crippen molar-refractivity contribution in [3.63, 3.8) is 0 Å². The van der Waals surface area contributed by atoms with Gasteiger partial charge in [0.2, 0.25) is 11.8 Å². The number of carboxylic acid groups (broad SMARTS) is 1. The Bertz CT molecular complexity index is 724. The van der Waals surface area contributed by atoms with Crippen LogP contribution in [-0.2, 0) is 30.3 Å². The average Bonchev–Trinajstić information content (AvgIpc) is 2.61. The number of carbonyl (C=O) groups is 4. The lowest BCUT2D eigenvalue weighted by Gasteiger charge is -2.22. The number of hydrogen-bond donors (Lipinski definition) is 3. The second kappa shape index (κ2) is 11.0. The number of carboxylic acids is 1. The predicted molar refractivity (Wildman–Crippen MR) is 97.7 cm³/mol. The fraction of sp³-hybridized carbons (Fsp3) is 0.474. The molecular weight excluding hydrogens is 371 g/mol. The molecule has 0 aromatic heterocycles. The van der Waals surface area contributed by atoms with Crippen LogP contribution >= 0.6 is 0 Å². The first kappa shape index (κ1) is 23.1. The van der Waals surface area contributed by atoms with Crippen LogP contribution < -0.4 is 10.6 Å². The minimum Gasteiger partial charge on any atom is -0.480 e. The van der Waals surface area contributed by atoms with Crippen LogP contribution in [0.25, 0.3) is 0 Å². The van der Waals surface area contributed by atoms with Crippen molar-refractivity contribution in [2.45, 2.75) is 45.7 Å². The molecule has 1 rings (SSSR count). The second-order valence-electron chi connectivity index (χ2n) is 6.34. The molecule has 0 unspecified atom stereocenters. The smallest absolute Gasteiger partial charge is 0.326 e. The highest BCUT2D eigenvalue weighted by molar-refractivity contribution is 5.90. The van der Waals surface area contributed by atoms with Crippen molar-refractivity contribution in [2.24, 2.45) is 5.92 Å². The first-order valence-corrected chi connectivity index (χ1v) is 8.86. The number of rotatable bonds is 10. The fourth-order valence-electron chi connectivity index (χ4n) is 2.57. The molecule has 1 aromatic carbocycles. The molecule has 0 heterocycles. The Labute approximate surface area is 162 Å². The van der Waals surface area contributed by atoms with Crippen molar-refractivity contribution >= 4 is 23.8 Å². The molecule has 0 radical (unpaired) electrons. The molecule has 3 N–H and O–H groups in total. The third-order valence-electron chi connectivity index (χ3n) is 3.97. The molecule has 8 nitrogen and oxygen atoms in total. The zero-order chi connectivity index (χ0) is 21.3. The zero-order valence-corrected chi connectivity index (χ0v) is 16.0. The molecule has 28 heavy (non-hydrogen) atoms. The van der Waals surface area contributed by atoms with Gasteiger partial charge in [-0.25, -0.2) is 9.18 Å². The highest BCUT2D eigenvalue weighted by atomic mass is 19.1. The van der Waals surface area contributed by atoms with Gasteiger partial charge in [-0.1, -0.05) is 25.1 Å². The van der Waals surface area contributed by atoms with E-state index in [0.717, 1.165) is 0 Å². The van der Waals surface area contributed by atoms with Crippen LogP contribution in [0.5, 0.6) is 0 Å². The van der Waals surface area contributed by atoms with E-state index >= 15 is 0 Å². The number of ether oxygens (including phenoxy) is 1. The highest BCUT2D eigenvalue weighted by Crippen LogP contribution is 2.12. The molecule has 0 aliphatic rings. The molecule has 0 saturated carbocycles. The molecule has 154 valence electrons. The predicted octanol–water partition coefficient (Wildman–Crippen LogP) is 1.03. The third-order valence-corrected chi connectivity index (χ3v) is 3.97. The van der Waals surface area contributed by atoms with Crippen LogP contribution in [-0.4, -0.2) is 47.6 Å². The molecule has 0 aliphatic carbocycles. The molecule has 3 atom stereocenters. The summed E-state index contributed by atoms with van der Waals surface area (Å²) in [4.78, 5) is 47.2. The Morgan fingerprint density at radius 2 is 1.79 bits per heavy atom. The van der Waals surface area contributed by atoms with Gasteiger partial charge >= 0.3 is 11.9 Å². The summed E-state index contributed by atoms with van der Waals surface area (Å²) in [7, 11) is 0. The van der Waals surface area contributed by atoms with Crippen LogP contribution in [0.1, 0.15) is 32.8 Å². The van der Waals surface area contributed by atoms with Gasteiger partial charge in [0.15, 0.2) is 0 Å². The number of nitrogens with one attached hydrogen (secondary N) is 2. The number of hydrogen-bond acceptors (Lipinski definition) is 5.